The van der Waals surface area contributed by atoms with E-state index >= 15 is 0 Å². The van der Waals surface area contributed by atoms with E-state index in [0.29, 0.717) is 10.8 Å². The zero-order valence-corrected chi connectivity index (χ0v) is 18.1. The third-order valence-electron chi connectivity index (χ3n) is 5.00. The van der Waals surface area contributed by atoms with E-state index in [4.69, 9.17) is 0 Å². The molecule has 0 radical (unpaired) electrons. The number of hydrogen-bond acceptors (Lipinski definition) is 0. The van der Waals surface area contributed by atoms with Crippen LogP contribution in [-0.4, -0.2) is 0 Å². The molecule has 0 aliphatic heterocycles. The highest BCUT2D eigenvalue weighted by molar-refractivity contribution is 4.72. The van der Waals surface area contributed by atoms with Crippen molar-refractivity contribution in [1.82, 2.24) is 0 Å². The highest BCUT2D eigenvalue weighted by Crippen LogP contribution is 2.34. The standard InChI is InChI=1S/C23H48/c1-10-20(17-22(4,5)6)14-12-16-21(18-23(7,8)9)15-11-13-19(2)3/h19-21H,10-18H2,1-9H3. The monoisotopic (exact) mass is 324 g/mol. The number of rotatable bonds is 11. The molecule has 0 heterocycles. The van der Waals surface area contributed by atoms with Gasteiger partial charge < -0.3 is 0 Å². The maximum absolute atomic E-state index is 2.41. The van der Waals surface area contributed by atoms with E-state index in [9.17, 15) is 0 Å². The van der Waals surface area contributed by atoms with Crippen molar-refractivity contribution in [3.05, 3.63) is 0 Å². The van der Waals surface area contributed by atoms with Crippen molar-refractivity contribution in [3.8, 4) is 0 Å². The molecule has 0 aliphatic rings. The van der Waals surface area contributed by atoms with Gasteiger partial charge in [-0.15, -0.1) is 0 Å². The minimum atomic E-state index is 0.484. The quantitative estimate of drug-likeness (QED) is 0.357. The fourth-order valence-corrected chi connectivity index (χ4v) is 4.04. The van der Waals surface area contributed by atoms with Crippen LogP contribution in [0, 0.1) is 28.6 Å². The van der Waals surface area contributed by atoms with E-state index in [1.165, 1.54) is 57.8 Å². The van der Waals surface area contributed by atoms with Crippen LogP contribution in [0.15, 0.2) is 0 Å². The van der Waals surface area contributed by atoms with Gasteiger partial charge in [-0.1, -0.05) is 107 Å². The highest BCUT2D eigenvalue weighted by atomic mass is 14.3. The first-order chi connectivity index (χ1) is 10.4. The maximum Gasteiger partial charge on any atom is -0.0380 e. The maximum atomic E-state index is 2.41. The molecule has 0 aromatic heterocycles. The Balaban J connectivity index is 4.30. The Hall–Kier alpha value is 0. The predicted octanol–water partition coefficient (Wildman–Crippen LogP) is 8.50. The molecular weight excluding hydrogens is 276 g/mol. The number of hydrogen-bond donors (Lipinski definition) is 0. The van der Waals surface area contributed by atoms with Crippen molar-refractivity contribution in [3.63, 3.8) is 0 Å². The second-order valence-corrected chi connectivity index (χ2v) is 10.9. The predicted molar refractivity (Wildman–Crippen MR) is 108 cm³/mol. The molecule has 0 aromatic rings. The molecule has 2 unspecified atom stereocenters. The SMILES string of the molecule is CCC(CCCC(CCCC(C)C)CC(C)(C)C)CC(C)(C)C. The van der Waals surface area contributed by atoms with Gasteiger partial charge in [-0.05, 0) is 41.4 Å². The van der Waals surface area contributed by atoms with E-state index in [1.807, 2.05) is 0 Å². The molecule has 23 heavy (non-hydrogen) atoms. The molecule has 0 bridgehead atoms. The summed E-state index contributed by atoms with van der Waals surface area (Å²) in [6, 6.07) is 0. The highest BCUT2D eigenvalue weighted by Gasteiger charge is 2.20. The average molecular weight is 325 g/mol. The molecular formula is C23H48. The first kappa shape index (κ1) is 23.0. The average Bonchev–Trinajstić information content (AvgIpc) is 2.33. The summed E-state index contributed by atoms with van der Waals surface area (Å²) in [6.45, 7) is 21.5. The van der Waals surface area contributed by atoms with E-state index in [2.05, 4.69) is 62.3 Å². The lowest BCUT2D eigenvalue weighted by Crippen LogP contribution is -2.15. The zero-order chi connectivity index (χ0) is 18.1. The van der Waals surface area contributed by atoms with Gasteiger partial charge in [0, 0.05) is 0 Å². The second-order valence-electron chi connectivity index (χ2n) is 10.9. The van der Waals surface area contributed by atoms with Crippen molar-refractivity contribution in [1.29, 1.82) is 0 Å². The van der Waals surface area contributed by atoms with Gasteiger partial charge in [0.2, 0.25) is 0 Å². The lowest BCUT2D eigenvalue weighted by molar-refractivity contribution is 0.238. The van der Waals surface area contributed by atoms with Gasteiger partial charge in [0.05, 0.1) is 0 Å². The summed E-state index contributed by atoms with van der Waals surface area (Å²) in [4.78, 5) is 0. The van der Waals surface area contributed by atoms with Gasteiger partial charge >= 0.3 is 0 Å². The molecule has 0 amide bonds. The minimum absolute atomic E-state index is 0.484. The Labute approximate surface area is 149 Å². The summed E-state index contributed by atoms with van der Waals surface area (Å²) >= 11 is 0. The van der Waals surface area contributed by atoms with Crippen molar-refractivity contribution >= 4 is 0 Å². The van der Waals surface area contributed by atoms with Gasteiger partial charge in [-0.25, -0.2) is 0 Å². The van der Waals surface area contributed by atoms with Crippen molar-refractivity contribution in [2.24, 2.45) is 28.6 Å². The normalized spacial score (nSPS) is 15.9. The van der Waals surface area contributed by atoms with Gasteiger partial charge in [0.1, 0.15) is 0 Å². The molecule has 0 aromatic carbocycles. The lowest BCUT2D eigenvalue weighted by Gasteiger charge is -2.28. The molecule has 0 fully saturated rings. The molecule has 0 rings (SSSR count). The molecule has 0 heteroatoms. The van der Waals surface area contributed by atoms with E-state index < -0.39 is 0 Å². The van der Waals surface area contributed by atoms with Crippen LogP contribution in [-0.2, 0) is 0 Å². The first-order valence-electron chi connectivity index (χ1n) is 10.4. The molecule has 2 atom stereocenters. The van der Waals surface area contributed by atoms with Crippen molar-refractivity contribution in [2.45, 2.75) is 120 Å². The van der Waals surface area contributed by atoms with Crippen LogP contribution in [0.5, 0.6) is 0 Å². The molecule has 0 spiro atoms. The summed E-state index contributed by atoms with van der Waals surface area (Å²) in [5.41, 5.74) is 0.973. The zero-order valence-electron chi connectivity index (χ0n) is 18.1. The van der Waals surface area contributed by atoms with Crippen LogP contribution >= 0.6 is 0 Å². The molecule has 0 aliphatic carbocycles. The van der Waals surface area contributed by atoms with Crippen LogP contribution in [0.1, 0.15) is 120 Å². The van der Waals surface area contributed by atoms with Gasteiger partial charge in [0.15, 0.2) is 0 Å². The van der Waals surface area contributed by atoms with Crippen LogP contribution in [0.25, 0.3) is 0 Å². The smallest absolute Gasteiger partial charge is 0.0380 e. The first-order valence-corrected chi connectivity index (χ1v) is 10.4. The summed E-state index contributed by atoms with van der Waals surface area (Å²) in [7, 11) is 0. The molecule has 0 nitrogen and oxygen atoms in total. The van der Waals surface area contributed by atoms with E-state index in [-0.39, 0.29) is 0 Å². The largest absolute Gasteiger partial charge is 0.0651 e. The third kappa shape index (κ3) is 15.3. The Bertz CT molecular complexity index is 273. The lowest BCUT2D eigenvalue weighted by atomic mass is 9.78. The summed E-state index contributed by atoms with van der Waals surface area (Å²) < 4.78 is 0. The van der Waals surface area contributed by atoms with E-state index in [0.717, 1.165) is 17.8 Å². The van der Waals surface area contributed by atoms with Gasteiger partial charge in [0.25, 0.3) is 0 Å². The van der Waals surface area contributed by atoms with Crippen molar-refractivity contribution in [2.75, 3.05) is 0 Å². The Morgan fingerprint density at radius 1 is 0.609 bits per heavy atom. The molecule has 0 saturated heterocycles. The topological polar surface area (TPSA) is 0 Å². The Kier molecular flexibility index (Phi) is 10.8. The van der Waals surface area contributed by atoms with Crippen LogP contribution in [0.3, 0.4) is 0 Å². The van der Waals surface area contributed by atoms with Crippen LogP contribution in [0.2, 0.25) is 0 Å². The molecule has 0 N–H and O–H groups in total. The summed E-state index contributed by atoms with van der Waals surface area (Å²) in [5.74, 6) is 2.74. The van der Waals surface area contributed by atoms with Crippen LogP contribution < -0.4 is 0 Å². The fourth-order valence-electron chi connectivity index (χ4n) is 4.04. The van der Waals surface area contributed by atoms with E-state index in [1.54, 1.807) is 0 Å². The second kappa shape index (κ2) is 10.8. The summed E-state index contributed by atoms with van der Waals surface area (Å²) in [5, 5.41) is 0. The molecule has 0 saturated carbocycles. The van der Waals surface area contributed by atoms with Crippen LogP contribution in [0.4, 0.5) is 0 Å². The Morgan fingerprint density at radius 2 is 1.00 bits per heavy atom. The minimum Gasteiger partial charge on any atom is -0.0651 e. The van der Waals surface area contributed by atoms with Gasteiger partial charge in [-0.2, -0.15) is 0 Å². The summed E-state index contributed by atoms with van der Waals surface area (Å²) in [6.07, 6.45) is 12.8. The molecule has 140 valence electrons. The fraction of sp³-hybridized carbons (Fsp3) is 1.00. The Morgan fingerprint density at radius 3 is 1.39 bits per heavy atom. The van der Waals surface area contributed by atoms with Gasteiger partial charge in [-0.3, -0.25) is 0 Å². The van der Waals surface area contributed by atoms with Crippen molar-refractivity contribution < 1.29 is 0 Å². The third-order valence-corrected chi connectivity index (χ3v) is 5.00.